The molecule has 3 aromatic rings. The molecule has 1 saturated heterocycles. The fourth-order valence-corrected chi connectivity index (χ4v) is 3.22. The zero-order valence-electron chi connectivity index (χ0n) is 14.6. The largest absolute Gasteiger partial charge is 0.338 e. The Bertz CT molecular complexity index is 1050. The standard InChI is InChI=1S/C18H17N5O4/c1-10-8-16(27-22-10)19-15(25)9-23-13-5-3-2-4-11(13)17(21-23)12-6-7-14(24)20-18(12)26/h2-5,8,12H,6-7,9H2,1H3,(H,19,25)(H,20,24,26). The van der Waals surface area contributed by atoms with Gasteiger partial charge in [-0.2, -0.15) is 5.10 Å². The number of aryl methyl sites for hydroxylation is 1. The van der Waals surface area contributed by atoms with Gasteiger partial charge in [0.1, 0.15) is 6.54 Å². The van der Waals surface area contributed by atoms with Crippen molar-refractivity contribution in [2.45, 2.75) is 32.2 Å². The van der Waals surface area contributed by atoms with Crippen LogP contribution < -0.4 is 10.6 Å². The van der Waals surface area contributed by atoms with Crippen LogP contribution in [0.3, 0.4) is 0 Å². The molecular weight excluding hydrogens is 350 g/mol. The van der Waals surface area contributed by atoms with Crippen molar-refractivity contribution in [1.82, 2.24) is 20.3 Å². The summed E-state index contributed by atoms with van der Waals surface area (Å²) in [6, 6.07) is 9.00. The van der Waals surface area contributed by atoms with Gasteiger partial charge in [0.05, 0.1) is 22.8 Å². The number of nitrogens with zero attached hydrogens (tertiary/aromatic N) is 3. The third kappa shape index (κ3) is 3.31. The van der Waals surface area contributed by atoms with E-state index >= 15 is 0 Å². The molecule has 3 amide bonds. The number of para-hydroxylation sites is 1. The molecule has 138 valence electrons. The second kappa shape index (κ2) is 6.67. The SMILES string of the molecule is Cc1cc(NC(=O)Cn2nc(C3CCC(=O)NC3=O)c3ccccc32)on1. The van der Waals surface area contributed by atoms with E-state index in [1.165, 1.54) is 0 Å². The van der Waals surface area contributed by atoms with E-state index in [0.717, 1.165) is 10.9 Å². The van der Waals surface area contributed by atoms with Crippen LogP contribution in [0.5, 0.6) is 0 Å². The second-order valence-electron chi connectivity index (χ2n) is 6.44. The number of rotatable bonds is 4. The van der Waals surface area contributed by atoms with Crippen LogP contribution >= 0.6 is 0 Å². The second-order valence-corrected chi connectivity index (χ2v) is 6.44. The molecule has 0 spiro atoms. The molecule has 1 unspecified atom stereocenters. The van der Waals surface area contributed by atoms with E-state index in [0.29, 0.717) is 17.8 Å². The molecule has 9 heteroatoms. The number of imide groups is 1. The van der Waals surface area contributed by atoms with E-state index in [2.05, 4.69) is 20.9 Å². The molecule has 27 heavy (non-hydrogen) atoms. The molecule has 0 bridgehead atoms. The minimum Gasteiger partial charge on any atom is -0.338 e. The molecule has 0 saturated carbocycles. The van der Waals surface area contributed by atoms with E-state index < -0.39 is 5.92 Å². The van der Waals surface area contributed by atoms with Crippen LogP contribution in [0.4, 0.5) is 5.88 Å². The van der Waals surface area contributed by atoms with Crippen LogP contribution in [-0.4, -0.2) is 32.7 Å². The van der Waals surface area contributed by atoms with E-state index in [4.69, 9.17) is 4.52 Å². The van der Waals surface area contributed by atoms with Crippen molar-refractivity contribution in [2.24, 2.45) is 0 Å². The van der Waals surface area contributed by atoms with Gasteiger partial charge in [0.15, 0.2) is 0 Å². The molecule has 1 aliphatic rings. The quantitative estimate of drug-likeness (QED) is 0.674. The summed E-state index contributed by atoms with van der Waals surface area (Å²) in [6.07, 6.45) is 0.665. The van der Waals surface area contributed by atoms with Gasteiger partial charge in [0.25, 0.3) is 0 Å². The number of fused-ring (bicyclic) bond motifs is 1. The summed E-state index contributed by atoms with van der Waals surface area (Å²) in [5, 5.41) is 14.0. The van der Waals surface area contributed by atoms with Gasteiger partial charge in [-0.3, -0.25) is 29.7 Å². The number of carbonyl (C=O) groups excluding carboxylic acids is 3. The van der Waals surface area contributed by atoms with Crippen LogP contribution in [-0.2, 0) is 20.9 Å². The smallest absolute Gasteiger partial charge is 0.248 e. The Balaban J connectivity index is 1.62. The molecule has 0 radical (unpaired) electrons. The van der Waals surface area contributed by atoms with Crippen molar-refractivity contribution in [1.29, 1.82) is 0 Å². The topological polar surface area (TPSA) is 119 Å². The van der Waals surface area contributed by atoms with Crippen molar-refractivity contribution in [3.05, 3.63) is 41.7 Å². The number of amides is 3. The zero-order chi connectivity index (χ0) is 19.0. The lowest BCUT2D eigenvalue weighted by Gasteiger charge is -2.19. The molecule has 1 fully saturated rings. The Labute approximate surface area is 153 Å². The molecule has 1 aliphatic heterocycles. The minimum atomic E-state index is -0.520. The van der Waals surface area contributed by atoms with Crippen molar-refractivity contribution < 1.29 is 18.9 Å². The zero-order valence-corrected chi connectivity index (χ0v) is 14.6. The predicted molar refractivity (Wildman–Crippen MR) is 94.7 cm³/mol. The van der Waals surface area contributed by atoms with Gasteiger partial charge in [-0.05, 0) is 19.4 Å². The Hall–Kier alpha value is -3.49. The Morgan fingerprint density at radius 2 is 2.19 bits per heavy atom. The predicted octanol–water partition coefficient (Wildman–Crippen LogP) is 1.49. The minimum absolute atomic E-state index is 0.0481. The summed E-state index contributed by atoms with van der Waals surface area (Å²) in [5.41, 5.74) is 1.97. The fraction of sp³-hybridized carbons (Fsp3) is 0.278. The third-order valence-corrected chi connectivity index (χ3v) is 4.44. The highest BCUT2D eigenvalue weighted by atomic mass is 16.5. The van der Waals surface area contributed by atoms with E-state index in [1.54, 1.807) is 17.7 Å². The van der Waals surface area contributed by atoms with Gasteiger partial charge in [0.2, 0.25) is 23.6 Å². The van der Waals surface area contributed by atoms with Gasteiger partial charge in [-0.1, -0.05) is 23.4 Å². The summed E-state index contributed by atoms with van der Waals surface area (Å²) in [4.78, 5) is 36.0. The van der Waals surface area contributed by atoms with Gasteiger partial charge in [-0.25, -0.2) is 0 Å². The van der Waals surface area contributed by atoms with E-state index in [1.807, 2.05) is 24.3 Å². The molecule has 2 aromatic heterocycles. The first kappa shape index (κ1) is 17.0. The number of aromatic nitrogens is 3. The van der Waals surface area contributed by atoms with Crippen LogP contribution in [0.25, 0.3) is 10.9 Å². The first-order chi connectivity index (χ1) is 13.0. The van der Waals surface area contributed by atoms with Gasteiger partial charge in [0, 0.05) is 17.9 Å². The Morgan fingerprint density at radius 1 is 1.37 bits per heavy atom. The average Bonchev–Trinajstić information content (AvgIpc) is 3.19. The molecule has 1 atom stereocenters. The number of benzene rings is 1. The maximum absolute atomic E-state index is 12.3. The van der Waals surface area contributed by atoms with Crippen molar-refractivity contribution in [3.8, 4) is 0 Å². The van der Waals surface area contributed by atoms with Gasteiger partial charge in [-0.15, -0.1) is 0 Å². The highest BCUT2D eigenvalue weighted by Gasteiger charge is 2.31. The molecule has 4 rings (SSSR count). The first-order valence-electron chi connectivity index (χ1n) is 8.53. The molecular formula is C18H17N5O4. The van der Waals surface area contributed by atoms with Crippen molar-refractivity contribution in [2.75, 3.05) is 5.32 Å². The lowest BCUT2D eigenvalue weighted by atomic mass is 9.93. The number of anilines is 1. The lowest BCUT2D eigenvalue weighted by molar-refractivity contribution is -0.134. The molecule has 0 aliphatic carbocycles. The third-order valence-electron chi connectivity index (χ3n) is 4.44. The summed E-state index contributed by atoms with van der Waals surface area (Å²) in [6.45, 7) is 1.71. The summed E-state index contributed by atoms with van der Waals surface area (Å²) in [5.74, 6) is -1.22. The number of piperidine rings is 1. The van der Waals surface area contributed by atoms with Gasteiger partial charge >= 0.3 is 0 Å². The van der Waals surface area contributed by atoms with E-state index in [9.17, 15) is 14.4 Å². The van der Waals surface area contributed by atoms with Crippen molar-refractivity contribution >= 4 is 34.5 Å². The molecule has 3 heterocycles. The first-order valence-corrected chi connectivity index (χ1v) is 8.53. The lowest BCUT2D eigenvalue weighted by Crippen LogP contribution is -2.39. The molecule has 2 N–H and O–H groups in total. The number of hydrogen-bond acceptors (Lipinski definition) is 6. The van der Waals surface area contributed by atoms with Gasteiger partial charge < -0.3 is 4.52 Å². The van der Waals surface area contributed by atoms with Crippen molar-refractivity contribution in [3.63, 3.8) is 0 Å². The number of carbonyl (C=O) groups is 3. The highest BCUT2D eigenvalue weighted by molar-refractivity contribution is 6.02. The molecule has 9 nitrogen and oxygen atoms in total. The maximum Gasteiger partial charge on any atom is 0.248 e. The number of hydrogen-bond donors (Lipinski definition) is 2. The highest BCUT2D eigenvalue weighted by Crippen LogP contribution is 2.30. The number of nitrogens with one attached hydrogen (secondary N) is 2. The summed E-state index contributed by atoms with van der Waals surface area (Å²) >= 11 is 0. The van der Waals surface area contributed by atoms with Crippen LogP contribution in [0, 0.1) is 6.92 Å². The average molecular weight is 367 g/mol. The Morgan fingerprint density at radius 3 is 2.93 bits per heavy atom. The van der Waals surface area contributed by atoms with Crippen LogP contribution in [0.15, 0.2) is 34.9 Å². The monoisotopic (exact) mass is 367 g/mol. The Kier molecular flexibility index (Phi) is 4.19. The summed E-state index contributed by atoms with van der Waals surface area (Å²) in [7, 11) is 0. The maximum atomic E-state index is 12.3. The summed E-state index contributed by atoms with van der Waals surface area (Å²) < 4.78 is 6.54. The normalized spacial score (nSPS) is 17.1. The fourth-order valence-electron chi connectivity index (χ4n) is 3.22. The van der Waals surface area contributed by atoms with Crippen LogP contribution in [0.1, 0.15) is 30.1 Å². The molecule has 1 aromatic carbocycles. The van der Waals surface area contributed by atoms with Crippen LogP contribution in [0.2, 0.25) is 0 Å². The van der Waals surface area contributed by atoms with E-state index in [-0.39, 0.29) is 36.6 Å².